The molecule has 0 atom stereocenters. The zero-order chi connectivity index (χ0) is 14.2. The van der Waals surface area contributed by atoms with Gasteiger partial charge >= 0.3 is 0 Å². The van der Waals surface area contributed by atoms with Crippen molar-refractivity contribution in [2.24, 2.45) is 0 Å². The van der Waals surface area contributed by atoms with Crippen molar-refractivity contribution in [2.45, 2.75) is 90.4 Å². The predicted octanol–water partition coefficient (Wildman–Crippen LogP) is 4.35. The fourth-order valence-electron chi connectivity index (χ4n) is 2.26. The van der Waals surface area contributed by atoms with Crippen molar-refractivity contribution < 1.29 is 9.59 Å². The highest BCUT2D eigenvalue weighted by Crippen LogP contribution is 2.12. The summed E-state index contributed by atoms with van der Waals surface area (Å²) in [5.74, 6) is -0.151. The van der Waals surface area contributed by atoms with Crippen LogP contribution >= 0.6 is 0 Å². The van der Waals surface area contributed by atoms with Crippen molar-refractivity contribution in [3.05, 3.63) is 0 Å². The van der Waals surface area contributed by atoms with Gasteiger partial charge in [0.15, 0.2) is 0 Å². The molecule has 1 N–H and O–H groups in total. The van der Waals surface area contributed by atoms with Gasteiger partial charge in [0.05, 0.1) is 0 Å². The molecule has 0 saturated carbocycles. The molecule has 0 aromatic rings. The second-order valence-corrected chi connectivity index (χ2v) is 5.32. The molecular formula is C16H31NO2. The van der Waals surface area contributed by atoms with E-state index in [2.05, 4.69) is 12.2 Å². The van der Waals surface area contributed by atoms with Crippen molar-refractivity contribution >= 4 is 12.3 Å². The van der Waals surface area contributed by atoms with E-state index in [9.17, 15) is 9.59 Å². The predicted molar refractivity (Wildman–Crippen MR) is 79.9 cm³/mol. The summed E-state index contributed by atoms with van der Waals surface area (Å²) in [6.45, 7) is 2.25. The molecule has 0 spiro atoms. The van der Waals surface area contributed by atoms with Crippen LogP contribution in [0.25, 0.3) is 0 Å². The Hall–Kier alpha value is -0.860. The highest BCUT2D eigenvalue weighted by Gasteiger charge is 1.98. The third-order valence-electron chi connectivity index (χ3n) is 3.48. The molecule has 0 rings (SSSR count). The van der Waals surface area contributed by atoms with Crippen LogP contribution in [-0.4, -0.2) is 12.3 Å². The van der Waals surface area contributed by atoms with Crippen LogP contribution in [-0.2, 0) is 9.59 Å². The molecule has 3 nitrogen and oxygen atoms in total. The van der Waals surface area contributed by atoms with E-state index >= 15 is 0 Å². The zero-order valence-electron chi connectivity index (χ0n) is 12.6. The lowest BCUT2D eigenvalue weighted by atomic mass is 10.0. The molecule has 0 aromatic heterocycles. The van der Waals surface area contributed by atoms with Crippen LogP contribution in [0.2, 0.25) is 0 Å². The van der Waals surface area contributed by atoms with Crippen LogP contribution in [0.4, 0.5) is 0 Å². The SMILES string of the molecule is CCCCCCCCCCCCCCC(=O)NC=O. The molecule has 112 valence electrons. The second kappa shape index (κ2) is 15.2. The standard InChI is InChI=1S/C16H31NO2/c1-2-3-4-5-6-7-8-9-10-11-12-13-14-16(19)17-15-18/h15H,2-14H2,1H3,(H,17,18,19). The van der Waals surface area contributed by atoms with Crippen molar-refractivity contribution in [3.63, 3.8) is 0 Å². The molecular weight excluding hydrogens is 238 g/mol. The number of rotatable bonds is 14. The maximum atomic E-state index is 11.0. The van der Waals surface area contributed by atoms with E-state index in [0.29, 0.717) is 12.8 Å². The van der Waals surface area contributed by atoms with Gasteiger partial charge in [-0.15, -0.1) is 0 Å². The Balaban J connectivity index is 3.02. The minimum Gasteiger partial charge on any atom is -0.299 e. The molecule has 0 saturated heterocycles. The number of carbonyl (C=O) groups excluding carboxylic acids is 2. The minimum atomic E-state index is -0.151. The van der Waals surface area contributed by atoms with Gasteiger partial charge in [-0.1, -0.05) is 77.6 Å². The lowest BCUT2D eigenvalue weighted by molar-refractivity contribution is -0.125. The lowest BCUT2D eigenvalue weighted by Gasteiger charge is -2.02. The largest absolute Gasteiger partial charge is 0.299 e. The highest BCUT2D eigenvalue weighted by molar-refractivity contribution is 5.85. The maximum Gasteiger partial charge on any atom is 0.226 e. The van der Waals surface area contributed by atoms with Gasteiger partial charge in [-0.2, -0.15) is 0 Å². The van der Waals surface area contributed by atoms with E-state index in [0.717, 1.165) is 12.8 Å². The molecule has 2 amide bonds. The Labute approximate surface area is 118 Å². The van der Waals surface area contributed by atoms with Gasteiger partial charge in [-0.25, -0.2) is 0 Å². The summed E-state index contributed by atoms with van der Waals surface area (Å²) in [5.41, 5.74) is 0. The van der Waals surface area contributed by atoms with Gasteiger partial charge in [0.25, 0.3) is 0 Å². The monoisotopic (exact) mass is 269 g/mol. The molecule has 0 radical (unpaired) electrons. The topological polar surface area (TPSA) is 46.2 Å². The first kappa shape index (κ1) is 18.1. The van der Waals surface area contributed by atoms with Crippen molar-refractivity contribution in [2.75, 3.05) is 0 Å². The third-order valence-corrected chi connectivity index (χ3v) is 3.48. The first-order valence-corrected chi connectivity index (χ1v) is 8.04. The van der Waals surface area contributed by atoms with Crippen molar-refractivity contribution in [1.29, 1.82) is 0 Å². The van der Waals surface area contributed by atoms with Crippen LogP contribution in [0, 0.1) is 0 Å². The molecule has 0 heterocycles. The molecule has 0 aliphatic heterocycles. The molecule has 0 aliphatic rings. The smallest absolute Gasteiger partial charge is 0.226 e. The van der Waals surface area contributed by atoms with Crippen molar-refractivity contribution in [3.8, 4) is 0 Å². The van der Waals surface area contributed by atoms with Gasteiger partial charge in [-0.3, -0.25) is 14.9 Å². The van der Waals surface area contributed by atoms with Crippen molar-refractivity contribution in [1.82, 2.24) is 5.32 Å². The Kier molecular flexibility index (Phi) is 14.5. The molecule has 3 heteroatoms. The summed E-state index contributed by atoms with van der Waals surface area (Å²) >= 11 is 0. The first-order valence-electron chi connectivity index (χ1n) is 8.04. The van der Waals surface area contributed by atoms with Crippen LogP contribution in [0.3, 0.4) is 0 Å². The highest BCUT2D eigenvalue weighted by atomic mass is 16.2. The van der Waals surface area contributed by atoms with Crippen LogP contribution in [0.5, 0.6) is 0 Å². The van der Waals surface area contributed by atoms with E-state index < -0.39 is 0 Å². The molecule has 0 unspecified atom stereocenters. The maximum absolute atomic E-state index is 11.0. The number of amides is 2. The molecule has 0 aliphatic carbocycles. The van der Waals surface area contributed by atoms with Gasteiger partial charge in [0.1, 0.15) is 0 Å². The number of carbonyl (C=O) groups is 2. The third kappa shape index (κ3) is 15.1. The summed E-state index contributed by atoms with van der Waals surface area (Å²) in [5, 5.41) is 2.17. The summed E-state index contributed by atoms with van der Waals surface area (Å²) in [4.78, 5) is 21.0. The van der Waals surface area contributed by atoms with Crippen LogP contribution < -0.4 is 5.32 Å². The number of imide groups is 1. The van der Waals surface area contributed by atoms with Gasteiger partial charge in [0.2, 0.25) is 12.3 Å². The molecule has 0 bridgehead atoms. The summed E-state index contributed by atoms with van der Waals surface area (Å²) < 4.78 is 0. The lowest BCUT2D eigenvalue weighted by Crippen LogP contribution is -2.20. The van der Waals surface area contributed by atoms with E-state index in [1.165, 1.54) is 64.2 Å². The van der Waals surface area contributed by atoms with Gasteiger partial charge < -0.3 is 0 Å². The van der Waals surface area contributed by atoms with E-state index in [4.69, 9.17) is 0 Å². The zero-order valence-corrected chi connectivity index (χ0v) is 12.6. The molecule has 19 heavy (non-hydrogen) atoms. The number of hydrogen-bond acceptors (Lipinski definition) is 2. The number of unbranched alkanes of at least 4 members (excludes halogenated alkanes) is 11. The number of hydrogen-bond donors (Lipinski definition) is 1. The Morgan fingerprint density at radius 1 is 0.789 bits per heavy atom. The average Bonchev–Trinajstić information content (AvgIpc) is 2.40. The second-order valence-electron chi connectivity index (χ2n) is 5.32. The summed E-state index contributed by atoms with van der Waals surface area (Å²) in [7, 11) is 0. The van der Waals surface area contributed by atoms with E-state index in [1.807, 2.05) is 0 Å². The Morgan fingerprint density at radius 2 is 1.21 bits per heavy atom. The summed E-state index contributed by atoms with van der Waals surface area (Å²) in [6, 6.07) is 0. The van der Waals surface area contributed by atoms with Crippen LogP contribution in [0.15, 0.2) is 0 Å². The first-order chi connectivity index (χ1) is 9.31. The number of nitrogens with one attached hydrogen (secondary N) is 1. The van der Waals surface area contributed by atoms with E-state index in [-0.39, 0.29) is 5.91 Å². The Bertz CT molecular complexity index is 217. The fourth-order valence-corrected chi connectivity index (χ4v) is 2.26. The van der Waals surface area contributed by atoms with Gasteiger partial charge in [0, 0.05) is 6.42 Å². The Morgan fingerprint density at radius 3 is 1.63 bits per heavy atom. The molecule has 0 aromatic carbocycles. The average molecular weight is 269 g/mol. The van der Waals surface area contributed by atoms with Crippen LogP contribution in [0.1, 0.15) is 90.4 Å². The minimum absolute atomic E-state index is 0.151. The summed E-state index contributed by atoms with van der Waals surface area (Å²) in [6.07, 6.45) is 16.4. The molecule has 0 fully saturated rings. The quantitative estimate of drug-likeness (QED) is 0.376. The van der Waals surface area contributed by atoms with Gasteiger partial charge in [-0.05, 0) is 6.42 Å². The fraction of sp³-hybridized carbons (Fsp3) is 0.875. The normalized spacial score (nSPS) is 10.4. The van der Waals surface area contributed by atoms with E-state index in [1.54, 1.807) is 0 Å².